The van der Waals surface area contributed by atoms with E-state index in [-0.39, 0.29) is 22.7 Å². The molecular weight excluding hydrogens is 530 g/mol. The van der Waals surface area contributed by atoms with Crippen LogP contribution in [0.3, 0.4) is 0 Å². The van der Waals surface area contributed by atoms with Crippen LogP contribution in [0.1, 0.15) is 63.9 Å². The Morgan fingerprint density at radius 1 is 1.02 bits per heavy atom. The standard InChI is InChI=1S/C33H43N3O4Si/c1-32(2,3)41(7,8)40-28-20-39-16-15-27(28)36-21-35-30-25-12-10-9-11-24(25)23(18-26(30)31(36)37)17-22-13-14-29(34-19-22)33(4,5)38-6/h9-14,18-19,21,27-28H,15-17,20H2,1-8H3/t27-,28-/m0/s1. The van der Waals surface area contributed by atoms with E-state index in [0.29, 0.717) is 31.4 Å². The molecule has 2 atom stereocenters. The van der Waals surface area contributed by atoms with Crippen LogP contribution < -0.4 is 5.56 Å². The first-order valence-electron chi connectivity index (χ1n) is 14.5. The summed E-state index contributed by atoms with van der Waals surface area (Å²) in [4.78, 5) is 23.7. The highest BCUT2D eigenvalue weighted by Crippen LogP contribution is 2.39. The van der Waals surface area contributed by atoms with Crippen molar-refractivity contribution < 1.29 is 13.9 Å². The SMILES string of the molecule is COC(C)(C)c1ccc(Cc2cc3c(=O)n([C@H]4CCOC[C@@H]4O[Si](C)(C)C(C)(C)C)cnc3c3ccccc23)cn1. The molecule has 0 N–H and O–H groups in total. The zero-order chi connectivity index (χ0) is 29.6. The summed E-state index contributed by atoms with van der Waals surface area (Å²) in [5.74, 6) is 0. The van der Waals surface area contributed by atoms with Gasteiger partial charge in [0.1, 0.15) is 5.60 Å². The predicted octanol–water partition coefficient (Wildman–Crippen LogP) is 6.77. The fourth-order valence-electron chi connectivity index (χ4n) is 5.33. The van der Waals surface area contributed by atoms with Crippen molar-refractivity contribution in [2.24, 2.45) is 0 Å². The van der Waals surface area contributed by atoms with Crippen LogP contribution in [-0.2, 0) is 25.9 Å². The Balaban J connectivity index is 1.57. The molecule has 0 saturated carbocycles. The summed E-state index contributed by atoms with van der Waals surface area (Å²) in [6.07, 6.45) is 4.79. The van der Waals surface area contributed by atoms with E-state index in [2.05, 4.69) is 57.0 Å². The maximum absolute atomic E-state index is 14.2. The predicted molar refractivity (Wildman–Crippen MR) is 167 cm³/mol. The highest BCUT2D eigenvalue weighted by atomic mass is 28.4. The Morgan fingerprint density at radius 3 is 2.41 bits per heavy atom. The van der Waals surface area contributed by atoms with Crippen LogP contribution in [0, 0.1) is 0 Å². The monoisotopic (exact) mass is 573 g/mol. The number of ether oxygens (including phenoxy) is 2. The van der Waals surface area contributed by atoms with Gasteiger partial charge in [0.15, 0.2) is 8.32 Å². The summed E-state index contributed by atoms with van der Waals surface area (Å²) in [6.45, 7) is 16.3. The molecule has 0 aliphatic carbocycles. The Labute approximate surface area is 244 Å². The van der Waals surface area contributed by atoms with E-state index in [1.807, 2.05) is 44.3 Å². The van der Waals surface area contributed by atoms with Gasteiger partial charge in [-0.3, -0.25) is 14.3 Å². The van der Waals surface area contributed by atoms with Crippen molar-refractivity contribution in [2.45, 2.75) is 83.3 Å². The highest BCUT2D eigenvalue weighted by molar-refractivity contribution is 6.74. The van der Waals surface area contributed by atoms with Gasteiger partial charge >= 0.3 is 0 Å². The third-order valence-electron chi connectivity index (χ3n) is 9.10. The van der Waals surface area contributed by atoms with E-state index >= 15 is 0 Å². The van der Waals surface area contributed by atoms with Gasteiger partial charge in [0.05, 0.1) is 41.7 Å². The molecule has 0 radical (unpaired) electrons. The van der Waals surface area contributed by atoms with Gasteiger partial charge in [-0.05, 0) is 73.5 Å². The lowest BCUT2D eigenvalue weighted by Crippen LogP contribution is -2.50. The molecule has 1 fully saturated rings. The average molecular weight is 574 g/mol. The molecule has 0 bridgehead atoms. The molecule has 7 nitrogen and oxygen atoms in total. The first-order valence-corrected chi connectivity index (χ1v) is 17.4. The summed E-state index contributed by atoms with van der Waals surface area (Å²) < 4.78 is 20.0. The van der Waals surface area contributed by atoms with Gasteiger partial charge in [0.2, 0.25) is 0 Å². The van der Waals surface area contributed by atoms with Crippen molar-refractivity contribution in [3.8, 4) is 0 Å². The highest BCUT2D eigenvalue weighted by Gasteiger charge is 2.42. The molecule has 5 rings (SSSR count). The van der Waals surface area contributed by atoms with Gasteiger partial charge in [0, 0.05) is 25.3 Å². The van der Waals surface area contributed by atoms with Crippen molar-refractivity contribution in [1.82, 2.24) is 14.5 Å². The first kappa shape index (κ1) is 29.6. The quantitative estimate of drug-likeness (QED) is 0.179. The van der Waals surface area contributed by atoms with Crippen LogP contribution in [-0.4, -0.2) is 49.3 Å². The summed E-state index contributed by atoms with van der Waals surface area (Å²) in [5, 5.41) is 2.76. The molecular formula is C33H43N3O4Si. The lowest BCUT2D eigenvalue weighted by molar-refractivity contribution is -0.0327. The minimum absolute atomic E-state index is 0.0342. The van der Waals surface area contributed by atoms with E-state index in [0.717, 1.165) is 33.1 Å². The molecule has 1 aliphatic rings. The summed E-state index contributed by atoms with van der Waals surface area (Å²) in [6, 6.07) is 14.2. The Hall–Kier alpha value is -2.91. The zero-order valence-corrected chi connectivity index (χ0v) is 26.7. The fourth-order valence-corrected chi connectivity index (χ4v) is 6.66. The number of hydrogen-bond donors (Lipinski definition) is 0. The summed E-state index contributed by atoms with van der Waals surface area (Å²) >= 11 is 0. The van der Waals surface area contributed by atoms with E-state index in [9.17, 15) is 4.79 Å². The van der Waals surface area contributed by atoms with Crippen LogP contribution in [0.5, 0.6) is 0 Å². The number of methoxy groups -OCH3 is 1. The molecule has 1 saturated heterocycles. The Bertz CT molecular complexity index is 1610. The number of hydrogen-bond acceptors (Lipinski definition) is 6. The summed E-state index contributed by atoms with van der Waals surface area (Å²) in [7, 11) is -0.381. The van der Waals surface area contributed by atoms with E-state index < -0.39 is 13.9 Å². The average Bonchev–Trinajstić information content (AvgIpc) is 2.94. The van der Waals surface area contributed by atoms with Crippen LogP contribution in [0.2, 0.25) is 18.1 Å². The zero-order valence-electron chi connectivity index (χ0n) is 25.7. The second kappa shape index (κ2) is 11.1. The fraction of sp³-hybridized carbons (Fsp3) is 0.485. The van der Waals surface area contributed by atoms with Crippen molar-refractivity contribution >= 4 is 30.0 Å². The topological polar surface area (TPSA) is 75.5 Å². The van der Waals surface area contributed by atoms with Gasteiger partial charge in [-0.15, -0.1) is 0 Å². The lowest BCUT2D eigenvalue weighted by Gasteiger charge is -2.43. The number of benzene rings is 2. The van der Waals surface area contributed by atoms with Crippen molar-refractivity contribution in [3.05, 3.63) is 82.2 Å². The first-order chi connectivity index (χ1) is 19.3. The Kier molecular flexibility index (Phi) is 7.98. The molecule has 2 aromatic carbocycles. The minimum Gasteiger partial charge on any atom is -0.409 e. The number of pyridine rings is 1. The summed E-state index contributed by atoms with van der Waals surface area (Å²) in [5.41, 5.74) is 3.27. The molecule has 1 aliphatic heterocycles. The minimum atomic E-state index is -2.07. The number of fused-ring (bicyclic) bond motifs is 3. The van der Waals surface area contributed by atoms with E-state index in [1.54, 1.807) is 18.0 Å². The molecule has 0 unspecified atom stereocenters. The van der Waals surface area contributed by atoms with Crippen LogP contribution in [0.15, 0.2) is 59.8 Å². The second-order valence-electron chi connectivity index (χ2n) is 13.2. The number of nitrogens with zero attached hydrogens (tertiary/aromatic N) is 3. The Morgan fingerprint density at radius 2 is 1.76 bits per heavy atom. The molecule has 218 valence electrons. The smallest absolute Gasteiger partial charge is 0.261 e. The van der Waals surface area contributed by atoms with Crippen molar-refractivity contribution in [2.75, 3.05) is 20.3 Å². The van der Waals surface area contributed by atoms with Gasteiger partial charge in [-0.1, -0.05) is 51.1 Å². The molecule has 8 heteroatoms. The van der Waals surface area contributed by atoms with E-state index in [4.69, 9.17) is 18.9 Å². The van der Waals surface area contributed by atoms with E-state index in [1.165, 1.54) is 0 Å². The van der Waals surface area contributed by atoms with Crippen molar-refractivity contribution in [3.63, 3.8) is 0 Å². The molecule has 0 amide bonds. The second-order valence-corrected chi connectivity index (χ2v) is 18.0. The van der Waals surface area contributed by atoms with Crippen molar-refractivity contribution in [1.29, 1.82) is 0 Å². The maximum atomic E-state index is 14.2. The van der Waals surface area contributed by atoms with Crippen LogP contribution in [0.4, 0.5) is 0 Å². The molecule has 3 heterocycles. The van der Waals surface area contributed by atoms with Gasteiger partial charge in [-0.2, -0.15) is 0 Å². The lowest BCUT2D eigenvalue weighted by atomic mass is 9.95. The van der Waals surface area contributed by atoms with Crippen LogP contribution >= 0.6 is 0 Å². The number of rotatable bonds is 7. The third kappa shape index (κ3) is 5.75. The molecule has 4 aromatic rings. The normalized spacial score (nSPS) is 18.7. The molecule has 41 heavy (non-hydrogen) atoms. The number of aromatic nitrogens is 3. The molecule has 2 aromatic heterocycles. The van der Waals surface area contributed by atoms with Gasteiger partial charge < -0.3 is 13.9 Å². The molecule has 0 spiro atoms. The van der Waals surface area contributed by atoms with Gasteiger partial charge in [0.25, 0.3) is 5.56 Å². The largest absolute Gasteiger partial charge is 0.409 e. The van der Waals surface area contributed by atoms with Gasteiger partial charge in [-0.25, -0.2) is 4.98 Å². The maximum Gasteiger partial charge on any atom is 0.261 e. The third-order valence-corrected chi connectivity index (χ3v) is 13.6. The van der Waals surface area contributed by atoms with Crippen LogP contribution in [0.25, 0.3) is 21.7 Å².